The van der Waals surface area contributed by atoms with Crippen molar-refractivity contribution in [3.05, 3.63) is 47.0 Å². The highest BCUT2D eigenvalue weighted by Crippen LogP contribution is 2.29. The molecule has 2 aromatic carbocycles. The van der Waals surface area contributed by atoms with Gasteiger partial charge in [-0.15, -0.1) is 0 Å². The van der Waals surface area contributed by atoms with Crippen molar-refractivity contribution in [3.8, 4) is 17.2 Å². The van der Waals surface area contributed by atoms with Crippen LogP contribution in [0.1, 0.15) is 10.4 Å². The molecule has 0 fully saturated rings. The molecule has 0 aliphatic rings. The van der Waals surface area contributed by atoms with Crippen LogP contribution in [0, 0.1) is 0 Å². The van der Waals surface area contributed by atoms with Crippen molar-refractivity contribution >= 4 is 40.5 Å². The number of nitrogens with one attached hydrogen (secondary N) is 2. The summed E-state index contributed by atoms with van der Waals surface area (Å²) in [6, 6.07) is 9.90. The normalized spacial score (nSPS) is 9.92. The van der Waals surface area contributed by atoms with Gasteiger partial charge in [0.25, 0.3) is 5.91 Å². The molecule has 0 unspecified atom stereocenters. The summed E-state index contributed by atoms with van der Waals surface area (Å²) in [6.45, 7) is 0. The maximum Gasteiger partial charge on any atom is 0.257 e. The number of methoxy groups -OCH3 is 3. The Morgan fingerprint density at radius 3 is 2.32 bits per heavy atom. The van der Waals surface area contributed by atoms with Crippen molar-refractivity contribution in [1.29, 1.82) is 0 Å². The van der Waals surface area contributed by atoms with Crippen molar-refractivity contribution in [2.24, 2.45) is 0 Å². The minimum atomic E-state index is -0.394. The largest absolute Gasteiger partial charge is 0.497 e. The molecule has 6 nitrogen and oxygen atoms in total. The molecule has 0 heterocycles. The predicted molar refractivity (Wildman–Crippen MR) is 101 cm³/mol. The van der Waals surface area contributed by atoms with E-state index in [1.165, 1.54) is 20.3 Å². The second-order valence-electron chi connectivity index (χ2n) is 4.82. The van der Waals surface area contributed by atoms with Crippen LogP contribution in [0.15, 0.2) is 36.4 Å². The van der Waals surface area contributed by atoms with E-state index in [1.807, 2.05) is 0 Å². The fourth-order valence-electron chi connectivity index (χ4n) is 2.04. The summed E-state index contributed by atoms with van der Waals surface area (Å²) in [7, 11) is 4.59. The zero-order valence-electron chi connectivity index (χ0n) is 13.9. The molecule has 0 saturated heterocycles. The molecule has 0 aromatic heterocycles. The van der Waals surface area contributed by atoms with Gasteiger partial charge < -0.3 is 19.5 Å². The van der Waals surface area contributed by atoms with E-state index >= 15 is 0 Å². The highest BCUT2D eigenvalue weighted by molar-refractivity contribution is 7.80. The predicted octanol–water partition coefficient (Wildman–Crippen LogP) is 3.49. The molecule has 1 amide bonds. The lowest BCUT2D eigenvalue weighted by molar-refractivity contribution is 0.0977. The van der Waals surface area contributed by atoms with Crippen LogP contribution in [0.5, 0.6) is 17.2 Å². The summed E-state index contributed by atoms with van der Waals surface area (Å²) in [5, 5.41) is 5.96. The van der Waals surface area contributed by atoms with Gasteiger partial charge in [0.15, 0.2) is 5.11 Å². The maximum absolute atomic E-state index is 12.3. The fraction of sp³-hybridized carbons (Fsp3) is 0.176. The van der Waals surface area contributed by atoms with E-state index in [0.717, 1.165) is 0 Å². The second kappa shape index (κ2) is 8.55. The Labute approximate surface area is 156 Å². The van der Waals surface area contributed by atoms with Crippen molar-refractivity contribution < 1.29 is 19.0 Å². The Balaban J connectivity index is 2.07. The van der Waals surface area contributed by atoms with Gasteiger partial charge in [-0.1, -0.05) is 11.6 Å². The van der Waals surface area contributed by atoms with E-state index in [2.05, 4.69) is 10.6 Å². The van der Waals surface area contributed by atoms with E-state index in [-0.39, 0.29) is 5.11 Å². The van der Waals surface area contributed by atoms with Crippen LogP contribution in [0.3, 0.4) is 0 Å². The first-order chi connectivity index (χ1) is 12.0. The smallest absolute Gasteiger partial charge is 0.257 e. The average Bonchev–Trinajstić information content (AvgIpc) is 2.61. The van der Waals surface area contributed by atoms with Gasteiger partial charge in [-0.2, -0.15) is 0 Å². The monoisotopic (exact) mass is 380 g/mol. The molecule has 25 heavy (non-hydrogen) atoms. The summed E-state index contributed by atoms with van der Waals surface area (Å²) >= 11 is 11.2. The standard InChI is InChI=1S/C17H17ClN2O4S/c1-22-11-5-6-13(15(9-11)24-3)19-17(25)20-16(21)10-4-7-14(23-2)12(18)8-10/h4-9H,1-3H3,(H2,19,20,21,25). The molecule has 132 valence electrons. The van der Waals surface area contributed by atoms with E-state index in [1.54, 1.807) is 37.4 Å². The number of hydrogen-bond donors (Lipinski definition) is 2. The van der Waals surface area contributed by atoms with Gasteiger partial charge in [-0.05, 0) is 42.5 Å². The fourth-order valence-corrected chi connectivity index (χ4v) is 2.50. The minimum Gasteiger partial charge on any atom is -0.497 e. The Morgan fingerprint density at radius 2 is 1.72 bits per heavy atom. The number of carbonyl (C=O) groups is 1. The molecular formula is C17H17ClN2O4S. The van der Waals surface area contributed by atoms with Gasteiger partial charge in [-0.25, -0.2) is 0 Å². The first-order valence-electron chi connectivity index (χ1n) is 7.16. The molecule has 0 bridgehead atoms. The van der Waals surface area contributed by atoms with Crippen molar-refractivity contribution in [1.82, 2.24) is 5.32 Å². The van der Waals surface area contributed by atoms with Crippen LogP contribution in [0.25, 0.3) is 0 Å². The number of anilines is 1. The minimum absolute atomic E-state index is 0.125. The van der Waals surface area contributed by atoms with Gasteiger partial charge in [0.1, 0.15) is 17.2 Å². The van der Waals surface area contributed by atoms with Crippen molar-refractivity contribution in [3.63, 3.8) is 0 Å². The number of carbonyl (C=O) groups excluding carboxylic acids is 1. The molecule has 2 rings (SSSR count). The number of rotatable bonds is 5. The van der Waals surface area contributed by atoms with Crippen LogP contribution in [0.4, 0.5) is 5.69 Å². The third kappa shape index (κ3) is 4.74. The van der Waals surface area contributed by atoms with E-state index < -0.39 is 5.91 Å². The topological polar surface area (TPSA) is 68.8 Å². The van der Waals surface area contributed by atoms with Gasteiger partial charge in [0.2, 0.25) is 0 Å². The molecule has 0 spiro atoms. The highest BCUT2D eigenvalue weighted by Gasteiger charge is 2.12. The lowest BCUT2D eigenvalue weighted by atomic mass is 10.2. The summed E-state index contributed by atoms with van der Waals surface area (Å²) in [5.74, 6) is 1.27. The second-order valence-corrected chi connectivity index (χ2v) is 5.64. The molecular weight excluding hydrogens is 364 g/mol. The zero-order chi connectivity index (χ0) is 18.4. The van der Waals surface area contributed by atoms with E-state index in [4.69, 9.17) is 38.0 Å². The van der Waals surface area contributed by atoms with Crippen molar-refractivity contribution in [2.45, 2.75) is 0 Å². The zero-order valence-corrected chi connectivity index (χ0v) is 15.5. The third-order valence-electron chi connectivity index (χ3n) is 3.30. The Hall–Kier alpha value is -2.51. The summed E-state index contributed by atoms with van der Waals surface area (Å²) in [5.41, 5.74) is 0.956. The molecule has 8 heteroatoms. The first kappa shape index (κ1) is 18.8. The van der Waals surface area contributed by atoms with Gasteiger partial charge in [0, 0.05) is 11.6 Å². The molecule has 0 aliphatic heterocycles. The number of halogens is 1. The molecule has 0 aliphatic carbocycles. The highest BCUT2D eigenvalue weighted by atomic mass is 35.5. The number of amides is 1. The molecule has 0 atom stereocenters. The SMILES string of the molecule is COc1ccc(NC(=S)NC(=O)c2ccc(OC)c(Cl)c2)c(OC)c1. The van der Waals surface area contributed by atoms with Crippen LogP contribution in [-0.2, 0) is 0 Å². The Bertz CT molecular complexity index is 798. The van der Waals surface area contributed by atoms with E-state index in [0.29, 0.717) is 33.5 Å². The molecule has 2 N–H and O–H groups in total. The quantitative estimate of drug-likeness (QED) is 0.774. The third-order valence-corrected chi connectivity index (χ3v) is 3.80. The van der Waals surface area contributed by atoms with Gasteiger partial charge in [-0.3, -0.25) is 10.1 Å². The number of ether oxygens (including phenoxy) is 3. The molecule has 0 radical (unpaired) electrons. The van der Waals surface area contributed by atoms with Crippen molar-refractivity contribution in [2.75, 3.05) is 26.6 Å². The lowest BCUT2D eigenvalue weighted by Crippen LogP contribution is -2.34. The van der Waals surface area contributed by atoms with Crippen LogP contribution in [0.2, 0.25) is 5.02 Å². The van der Waals surface area contributed by atoms with Gasteiger partial charge in [0.05, 0.1) is 32.0 Å². The summed E-state index contributed by atoms with van der Waals surface area (Å²) < 4.78 is 15.5. The summed E-state index contributed by atoms with van der Waals surface area (Å²) in [6.07, 6.45) is 0. The van der Waals surface area contributed by atoms with Crippen LogP contribution < -0.4 is 24.8 Å². The first-order valence-corrected chi connectivity index (χ1v) is 7.95. The van der Waals surface area contributed by atoms with E-state index in [9.17, 15) is 4.79 Å². The number of benzene rings is 2. The average molecular weight is 381 g/mol. The Morgan fingerprint density at radius 1 is 1.00 bits per heavy atom. The Kier molecular flexibility index (Phi) is 6.44. The van der Waals surface area contributed by atoms with Crippen LogP contribution >= 0.6 is 23.8 Å². The van der Waals surface area contributed by atoms with Gasteiger partial charge >= 0.3 is 0 Å². The maximum atomic E-state index is 12.3. The summed E-state index contributed by atoms with van der Waals surface area (Å²) in [4.78, 5) is 12.3. The lowest BCUT2D eigenvalue weighted by Gasteiger charge is -2.14. The molecule has 2 aromatic rings. The molecule has 0 saturated carbocycles. The number of thiocarbonyl (C=S) groups is 1. The van der Waals surface area contributed by atoms with Crippen LogP contribution in [-0.4, -0.2) is 32.3 Å². The number of hydrogen-bond acceptors (Lipinski definition) is 5.